The molecule has 162 valence electrons. The van der Waals surface area contributed by atoms with Crippen LogP contribution < -0.4 is 5.32 Å². The summed E-state index contributed by atoms with van der Waals surface area (Å²) in [6.45, 7) is 1.77. The SMILES string of the molecule is O=C(Nc1cc(Cl)c(Cl)cc1Cl)C1CCCN(Cc2nc(-c3ccc(F)cc3)no2)C1. The molecule has 1 aliphatic rings. The standard InChI is InChI=1S/C21H18Cl3FN4O2/c22-15-8-17(24)18(9-16(15)23)26-21(30)13-2-1-7-29(10-13)11-19-27-20(28-31-19)12-3-5-14(25)6-4-12/h3-6,8-9,13H,1-2,7,10-11H2,(H,26,30). The summed E-state index contributed by atoms with van der Waals surface area (Å²) >= 11 is 18.1. The molecule has 0 spiro atoms. The fraction of sp³-hybridized carbons (Fsp3) is 0.286. The first-order valence-electron chi connectivity index (χ1n) is 9.65. The van der Waals surface area contributed by atoms with Crippen molar-refractivity contribution in [2.75, 3.05) is 18.4 Å². The lowest BCUT2D eigenvalue weighted by Crippen LogP contribution is -2.40. The Bertz CT molecular complexity index is 1090. The summed E-state index contributed by atoms with van der Waals surface area (Å²) in [5.74, 6) is 0.150. The Labute approximate surface area is 193 Å². The zero-order valence-electron chi connectivity index (χ0n) is 16.2. The molecule has 1 N–H and O–H groups in total. The van der Waals surface area contributed by atoms with Gasteiger partial charge in [0.15, 0.2) is 0 Å². The Kier molecular flexibility index (Phi) is 6.77. The summed E-state index contributed by atoms with van der Waals surface area (Å²) in [6.07, 6.45) is 1.61. The molecule has 2 aromatic carbocycles. The van der Waals surface area contributed by atoms with Crippen LogP contribution in [0.15, 0.2) is 40.9 Å². The normalized spacial score (nSPS) is 17.0. The van der Waals surface area contributed by atoms with Crippen LogP contribution in [0, 0.1) is 11.7 Å². The number of halogens is 4. The van der Waals surface area contributed by atoms with Crippen molar-refractivity contribution in [1.82, 2.24) is 15.0 Å². The van der Waals surface area contributed by atoms with Gasteiger partial charge in [0, 0.05) is 12.1 Å². The third-order valence-corrected chi connectivity index (χ3v) is 6.11. The topological polar surface area (TPSA) is 71.3 Å². The van der Waals surface area contributed by atoms with Gasteiger partial charge in [0.2, 0.25) is 17.6 Å². The number of amides is 1. The van der Waals surface area contributed by atoms with Crippen molar-refractivity contribution in [1.29, 1.82) is 0 Å². The van der Waals surface area contributed by atoms with Crippen LogP contribution in [0.2, 0.25) is 15.1 Å². The monoisotopic (exact) mass is 482 g/mol. The molecule has 1 amide bonds. The van der Waals surface area contributed by atoms with Gasteiger partial charge in [-0.1, -0.05) is 40.0 Å². The minimum atomic E-state index is -0.327. The molecule has 3 aromatic rings. The Morgan fingerprint density at radius 2 is 1.90 bits per heavy atom. The van der Waals surface area contributed by atoms with Gasteiger partial charge in [0.1, 0.15) is 5.82 Å². The number of hydrogen-bond donors (Lipinski definition) is 1. The van der Waals surface area contributed by atoms with Gasteiger partial charge >= 0.3 is 0 Å². The van der Waals surface area contributed by atoms with Gasteiger partial charge < -0.3 is 9.84 Å². The number of likely N-dealkylation sites (tertiary alicyclic amines) is 1. The molecule has 0 aliphatic carbocycles. The third-order valence-electron chi connectivity index (χ3n) is 5.07. The summed E-state index contributed by atoms with van der Waals surface area (Å²) in [5, 5.41) is 7.78. The van der Waals surface area contributed by atoms with Crippen LogP contribution in [0.5, 0.6) is 0 Å². The second kappa shape index (κ2) is 9.53. The molecule has 0 saturated carbocycles. The number of benzene rings is 2. The van der Waals surface area contributed by atoms with Crippen molar-refractivity contribution >= 4 is 46.4 Å². The Balaban J connectivity index is 1.38. The highest BCUT2D eigenvalue weighted by Gasteiger charge is 2.27. The van der Waals surface area contributed by atoms with E-state index in [9.17, 15) is 9.18 Å². The maximum atomic E-state index is 13.1. The smallest absolute Gasteiger partial charge is 0.241 e. The van der Waals surface area contributed by atoms with Gasteiger partial charge in [-0.05, 0) is 55.8 Å². The molecule has 1 atom stereocenters. The van der Waals surface area contributed by atoms with E-state index in [0.29, 0.717) is 51.1 Å². The lowest BCUT2D eigenvalue weighted by atomic mass is 9.97. The van der Waals surface area contributed by atoms with E-state index in [1.54, 1.807) is 18.2 Å². The lowest BCUT2D eigenvalue weighted by molar-refractivity contribution is -0.121. The molecule has 1 aromatic heterocycles. The number of nitrogens with zero attached hydrogens (tertiary/aromatic N) is 3. The molecule has 4 rings (SSSR count). The molecule has 6 nitrogen and oxygen atoms in total. The molecular formula is C21H18Cl3FN4O2. The first-order valence-corrected chi connectivity index (χ1v) is 10.8. The summed E-state index contributed by atoms with van der Waals surface area (Å²) in [6, 6.07) is 8.93. The summed E-state index contributed by atoms with van der Waals surface area (Å²) < 4.78 is 18.4. The van der Waals surface area contributed by atoms with Crippen LogP contribution in [-0.4, -0.2) is 34.0 Å². The van der Waals surface area contributed by atoms with E-state index >= 15 is 0 Å². The molecule has 1 unspecified atom stereocenters. The molecule has 1 aliphatic heterocycles. The van der Waals surface area contributed by atoms with Gasteiger partial charge in [-0.15, -0.1) is 0 Å². The first-order chi connectivity index (χ1) is 14.9. The molecule has 1 saturated heterocycles. The van der Waals surface area contributed by atoms with E-state index in [-0.39, 0.29) is 17.6 Å². The molecule has 31 heavy (non-hydrogen) atoms. The van der Waals surface area contributed by atoms with Gasteiger partial charge in [0.05, 0.1) is 33.2 Å². The predicted molar refractivity (Wildman–Crippen MR) is 118 cm³/mol. The maximum absolute atomic E-state index is 13.1. The number of piperidine rings is 1. The van der Waals surface area contributed by atoms with E-state index in [4.69, 9.17) is 39.3 Å². The molecule has 1 fully saturated rings. The highest BCUT2D eigenvalue weighted by molar-refractivity contribution is 6.44. The summed E-state index contributed by atoms with van der Waals surface area (Å²) in [7, 11) is 0. The largest absolute Gasteiger partial charge is 0.338 e. The first kappa shape index (κ1) is 22.0. The van der Waals surface area contributed by atoms with E-state index < -0.39 is 0 Å². The highest BCUT2D eigenvalue weighted by Crippen LogP contribution is 2.33. The quantitative estimate of drug-likeness (QED) is 0.472. The Morgan fingerprint density at radius 3 is 2.68 bits per heavy atom. The summed E-state index contributed by atoms with van der Waals surface area (Å²) in [5.41, 5.74) is 1.10. The van der Waals surface area contributed by atoms with Crippen LogP contribution in [0.3, 0.4) is 0 Å². The van der Waals surface area contributed by atoms with Crippen molar-refractivity contribution in [2.45, 2.75) is 19.4 Å². The minimum absolute atomic E-state index is 0.137. The number of carbonyl (C=O) groups is 1. The van der Waals surface area contributed by atoms with E-state index in [2.05, 4.69) is 20.4 Å². The fourth-order valence-electron chi connectivity index (χ4n) is 3.49. The highest BCUT2D eigenvalue weighted by atomic mass is 35.5. The van der Waals surface area contributed by atoms with Gasteiger partial charge in [-0.2, -0.15) is 4.98 Å². The van der Waals surface area contributed by atoms with Crippen molar-refractivity contribution in [3.8, 4) is 11.4 Å². The number of aromatic nitrogens is 2. The van der Waals surface area contributed by atoms with Gasteiger partial charge in [-0.25, -0.2) is 4.39 Å². The van der Waals surface area contributed by atoms with Crippen LogP contribution >= 0.6 is 34.8 Å². The average Bonchev–Trinajstić information content (AvgIpc) is 3.21. The molecule has 0 bridgehead atoms. The lowest BCUT2D eigenvalue weighted by Gasteiger charge is -2.31. The van der Waals surface area contributed by atoms with Crippen LogP contribution in [-0.2, 0) is 11.3 Å². The third kappa shape index (κ3) is 5.36. The number of rotatable bonds is 5. The summed E-state index contributed by atoms with van der Waals surface area (Å²) in [4.78, 5) is 19.2. The number of nitrogens with one attached hydrogen (secondary N) is 1. The Hall–Kier alpha value is -2.19. The second-order valence-electron chi connectivity index (χ2n) is 7.33. The molecule has 2 heterocycles. The van der Waals surface area contributed by atoms with Crippen LogP contribution in [0.4, 0.5) is 10.1 Å². The zero-order valence-corrected chi connectivity index (χ0v) is 18.5. The maximum Gasteiger partial charge on any atom is 0.241 e. The van der Waals surface area contributed by atoms with Crippen molar-refractivity contribution in [3.05, 3.63) is 63.2 Å². The van der Waals surface area contributed by atoms with Gasteiger partial charge in [-0.3, -0.25) is 9.69 Å². The number of carbonyl (C=O) groups excluding carboxylic acids is 1. The van der Waals surface area contributed by atoms with Crippen molar-refractivity contribution in [2.24, 2.45) is 5.92 Å². The van der Waals surface area contributed by atoms with Crippen LogP contribution in [0.25, 0.3) is 11.4 Å². The fourth-order valence-corrected chi connectivity index (χ4v) is 4.09. The molecule has 10 heteroatoms. The second-order valence-corrected chi connectivity index (χ2v) is 8.55. The average molecular weight is 484 g/mol. The van der Waals surface area contributed by atoms with Crippen LogP contribution in [0.1, 0.15) is 18.7 Å². The Morgan fingerprint density at radius 1 is 1.16 bits per heavy atom. The van der Waals surface area contributed by atoms with E-state index in [1.165, 1.54) is 18.2 Å². The minimum Gasteiger partial charge on any atom is -0.338 e. The van der Waals surface area contributed by atoms with E-state index in [0.717, 1.165) is 19.4 Å². The number of hydrogen-bond acceptors (Lipinski definition) is 5. The van der Waals surface area contributed by atoms with Crippen molar-refractivity contribution in [3.63, 3.8) is 0 Å². The molecule has 0 radical (unpaired) electrons. The predicted octanol–water partition coefficient (Wildman–Crippen LogP) is 5.69. The van der Waals surface area contributed by atoms with E-state index in [1.807, 2.05) is 0 Å². The zero-order chi connectivity index (χ0) is 22.0. The molecular weight excluding hydrogens is 466 g/mol. The van der Waals surface area contributed by atoms with Gasteiger partial charge in [0.25, 0.3) is 0 Å². The number of anilines is 1. The van der Waals surface area contributed by atoms with Crippen molar-refractivity contribution < 1.29 is 13.7 Å².